The van der Waals surface area contributed by atoms with E-state index >= 15 is 0 Å². The van der Waals surface area contributed by atoms with Crippen LogP contribution in [-0.4, -0.2) is 28.5 Å². The molecule has 0 saturated heterocycles. The van der Waals surface area contributed by atoms with E-state index in [0.717, 1.165) is 30.2 Å². The van der Waals surface area contributed by atoms with Gasteiger partial charge in [-0.3, -0.25) is 4.79 Å². The Morgan fingerprint density at radius 2 is 1.76 bits per heavy atom. The van der Waals surface area contributed by atoms with Gasteiger partial charge in [0, 0.05) is 12.6 Å². The number of benzene rings is 2. The summed E-state index contributed by atoms with van der Waals surface area (Å²) in [6, 6.07) is 11.7. The van der Waals surface area contributed by atoms with Gasteiger partial charge >= 0.3 is 0 Å². The second kappa shape index (κ2) is 4.76. The number of nitrogens with zero attached hydrogens (tertiary/aromatic N) is 1. The molecule has 2 aromatic rings. The first kappa shape index (κ1) is 12.7. The van der Waals surface area contributed by atoms with E-state index in [4.69, 9.17) is 0 Å². The third-order valence-corrected chi connectivity index (χ3v) is 4.49. The molecule has 2 saturated carbocycles. The molecule has 0 bridgehead atoms. The highest BCUT2D eigenvalue weighted by Gasteiger charge is 2.37. The predicted octanol–water partition coefficient (Wildman–Crippen LogP) is 3.56. The Morgan fingerprint density at radius 1 is 1.10 bits per heavy atom. The van der Waals surface area contributed by atoms with E-state index in [9.17, 15) is 9.90 Å². The molecule has 0 atom stereocenters. The first-order valence-corrected chi connectivity index (χ1v) is 7.75. The fourth-order valence-corrected chi connectivity index (χ4v) is 2.92. The van der Waals surface area contributed by atoms with Crippen LogP contribution in [0.25, 0.3) is 10.8 Å². The molecule has 21 heavy (non-hydrogen) atoms. The van der Waals surface area contributed by atoms with Gasteiger partial charge in [0.1, 0.15) is 5.75 Å². The number of aromatic hydroxyl groups is 1. The number of hydrogen-bond acceptors (Lipinski definition) is 2. The normalized spacial score (nSPS) is 17.9. The molecule has 1 amide bonds. The fourth-order valence-electron chi connectivity index (χ4n) is 2.92. The third kappa shape index (κ3) is 2.48. The summed E-state index contributed by atoms with van der Waals surface area (Å²) in [6.45, 7) is 0.857. The molecule has 1 N–H and O–H groups in total. The van der Waals surface area contributed by atoms with Gasteiger partial charge in [0.15, 0.2) is 0 Å². The number of amides is 1. The summed E-state index contributed by atoms with van der Waals surface area (Å²) in [5.41, 5.74) is 0.446. The third-order valence-electron chi connectivity index (χ3n) is 4.49. The van der Waals surface area contributed by atoms with E-state index in [1.54, 1.807) is 6.07 Å². The zero-order valence-electron chi connectivity index (χ0n) is 12.0. The van der Waals surface area contributed by atoms with E-state index < -0.39 is 0 Å². The number of phenols is 1. The summed E-state index contributed by atoms with van der Waals surface area (Å²) in [7, 11) is 0. The minimum Gasteiger partial charge on any atom is -0.507 e. The molecule has 3 heteroatoms. The lowest BCUT2D eigenvalue weighted by molar-refractivity contribution is 0.0732. The van der Waals surface area contributed by atoms with E-state index in [2.05, 4.69) is 0 Å². The van der Waals surface area contributed by atoms with Crippen molar-refractivity contribution in [3.63, 3.8) is 0 Å². The molecule has 0 radical (unpaired) electrons. The molecular weight excluding hydrogens is 262 g/mol. The minimum absolute atomic E-state index is 0.00680. The maximum atomic E-state index is 12.8. The summed E-state index contributed by atoms with van der Waals surface area (Å²) in [5, 5.41) is 12.2. The zero-order valence-corrected chi connectivity index (χ0v) is 12.0. The first-order chi connectivity index (χ1) is 10.2. The van der Waals surface area contributed by atoms with Crippen molar-refractivity contribution in [3.05, 3.63) is 42.0 Å². The average Bonchev–Trinajstić information content (AvgIpc) is 3.37. The number of rotatable bonds is 4. The second-order valence-corrected chi connectivity index (χ2v) is 6.35. The van der Waals surface area contributed by atoms with Gasteiger partial charge in [-0.1, -0.05) is 24.3 Å². The van der Waals surface area contributed by atoms with Crippen LogP contribution in [0.4, 0.5) is 0 Å². The number of carbonyl (C=O) groups is 1. The summed E-state index contributed by atoms with van der Waals surface area (Å²) in [4.78, 5) is 14.8. The van der Waals surface area contributed by atoms with Crippen molar-refractivity contribution in [1.82, 2.24) is 4.90 Å². The van der Waals surface area contributed by atoms with Crippen LogP contribution in [0.3, 0.4) is 0 Å². The van der Waals surface area contributed by atoms with Crippen LogP contribution in [0, 0.1) is 5.92 Å². The fraction of sp³-hybridized carbons (Fsp3) is 0.389. The zero-order chi connectivity index (χ0) is 14.4. The quantitative estimate of drug-likeness (QED) is 0.931. The number of fused-ring (bicyclic) bond motifs is 1. The van der Waals surface area contributed by atoms with Crippen LogP contribution in [0.15, 0.2) is 36.4 Å². The Bertz CT molecular complexity index is 701. The summed E-state index contributed by atoms with van der Waals surface area (Å²) < 4.78 is 0. The average molecular weight is 281 g/mol. The van der Waals surface area contributed by atoms with Crippen LogP contribution < -0.4 is 0 Å². The van der Waals surface area contributed by atoms with Crippen LogP contribution in [-0.2, 0) is 0 Å². The molecule has 2 fully saturated rings. The molecule has 4 rings (SSSR count). The molecule has 0 aromatic heterocycles. The summed E-state index contributed by atoms with van der Waals surface area (Å²) in [5.74, 6) is 0.768. The van der Waals surface area contributed by atoms with Gasteiger partial charge in [-0.05, 0) is 54.5 Å². The molecule has 0 spiro atoms. The van der Waals surface area contributed by atoms with Gasteiger partial charge in [0.05, 0.1) is 5.56 Å². The lowest BCUT2D eigenvalue weighted by Gasteiger charge is -2.23. The molecule has 2 aromatic carbocycles. The van der Waals surface area contributed by atoms with Crippen molar-refractivity contribution in [3.8, 4) is 5.75 Å². The predicted molar refractivity (Wildman–Crippen MR) is 82.4 cm³/mol. The standard InChI is InChI=1S/C18H19NO2/c20-17-10-14-4-2-1-3-13(14)9-16(17)18(21)19(15-7-8-15)11-12-5-6-12/h1-4,9-10,12,15,20H,5-8,11H2. The minimum atomic E-state index is -0.00680. The molecule has 2 aliphatic carbocycles. The SMILES string of the molecule is O=C(c1cc2ccccc2cc1O)N(CC1CC1)C1CC1. The summed E-state index contributed by atoms with van der Waals surface area (Å²) in [6.07, 6.45) is 4.68. The smallest absolute Gasteiger partial charge is 0.257 e. The van der Waals surface area contributed by atoms with Crippen molar-refractivity contribution in [2.24, 2.45) is 5.92 Å². The highest BCUT2D eigenvalue weighted by Crippen LogP contribution is 2.37. The molecular formula is C18H19NO2. The Labute approximate surface area is 124 Å². The second-order valence-electron chi connectivity index (χ2n) is 6.35. The molecule has 0 unspecified atom stereocenters. The number of carbonyl (C=O) groups excluding carboxylic acids is 1. The highest BCUT2D eigenvalue weighted by molar-refractivity contribution is 6.01. The topological polar surface area (TPSA) is 40.5 Å². The van der Waals surface area contributed by atoms with E-state index in [1.807, 2.05) is 35.2 Å². The lowest BCUT2D eigenvalue weighted by Crippen LogP contribution is -2.34. The Kier molecular flexibility index (Phi) is 2.88. The van der Waals surface area contributed by atoms with E-state index in [-0.39, 0.29) is 11.7 Å². The van der Waals surface area contributed by atoms with Crippen molar-refractivity contribution in [1.29, 1.82) is 0 Å². The van der Waals surface area contributed by atoms with Gasteiger partial charge < -0.3 is 10.0 Å². The monoisotopic (exact) mass is 281 g/mol. The van der Waals surface area contributed by atoms with Crippen molar-refractivity contribution < 1.29 is 9.90 Å². The molecule has 3 nitrogen and oxygen atoms in total. The maximum absolute atomic E-state index is 12.8. The Hall–Kier alpha value is -2.03. The Morgan fingerprint density at radius 3 is 2.38 bits per heavy atom. The van der Waals surface area contributed by atoms with Crippen LogP contribution >= 0.6 is 0 Å². The Balaban J connectivity index is 1.69. The largest absolute Gasteiger partial charge is 0.507 e. The van der Waals surface area contributed by atoms with Crippen molar-refractivity contribution in [2.45, 2.75) is 31.7 Å². The van der Waals surface area contributed by atoms with E-state index in [1.165, 1.54) is 12.8 Å². The molecule has 0 heterocycles. The van der Waals surface area contributed by atoms with E-state index in [0.29, 0.717) is 17.5 Å². The van der Waals surface area contributed by atoms with Gasteiger partial charge in [0.2, 0.25) is 0 Å². The first-order valence-electron chi connectivity index (χ1n) is 7.75. The van der Waals surface area contributed by atoms with Crippen molar-refractivity contribution in [2.75, 3.05) is 6.54 Å². The molecule has 0 aliphatic heterocycles. The van der Waals surface area contributed by atoms with Gasteiger partial charge in [-0.2, -0.15) is 0 Å². The van der Waals surface area contributed by atoms with Crippen LogP contribution in [0.5, 0.6) is 5.75 Å². The number of hydrogen-bond donors (Lipinski definition) is 1. The van der Waals surface area contributed by atoms with Crippen molar-refractivity contribution >= 4 is 16.7 Å². The van der Waals surface area contributed by atoms with Gasteiger partial charge in [0.25, 0.3) is 5.91 Å². The maximum Gasteiger partial charge on any atom is 0.257 e. The molecule has 108 valence electrons. The highest BCUT2D eigenvalue weighted by atomic mass is 16.3. The van der Waals surface area contributed by atoms with Crippen LogP contribution in [0.2, 0.25) is 0 Å². The summed E-state index contributed by atoms with van der Waals surface area (Å²) >= 11 is 0. The lowest BCUT2D eigenvalue weighted by atomic mass is 10.0. The number of phenolic OH excluding ortho intramolecular Hbond substituents is 1. The molecule has 2 aliphatic rings. The van der Waals surface area contributed by atoms with Crippen LogP contribution in [0.1, 0.15) is 36.0 Å². The van der Waals surface area contributed by atoms with Gasteiger partial charge in [-0.15, -0.1) is 0 Å². The van der Waals surface area contributed by atoms with Gasteiger partial charge in [-0.25, -0.2) is 0 Å².